The minimum atomic E-state index is -4.25. The lowest BCUT2D eigenvalue weighted by molar-refractivity contribution is -0.127. The molecular weight excluding hydrogens is 409 g/mol. The molecule has 1 heterocycles. The van der Waals surface area contributed by atoms with Crippen LogP contribution in [-0.4, -0.2) is 16.3 Å². The molecule has 0 bridgehead atoms. The van der Waals surface area contributed by atoms with Crippen molar-refractivity contribution in [2.75, 3.05) is 5.73 Å². The molecule has 0 aliphatic heterocycles. The van der Waals surface area contributed by atoms with Crippen LogP contribution in [0.5, 0.6) is 5.75 Å². The molecule has 0 atom stereocenters. The van der Waals surface area contributed by atoms with Gasteiger partial charge in [0.05, 0.1) is 16.6 Å². The molecule has 30 heavy (non-hydrogen) atoms. The number of halogens is 3. The van der Waals surface area contributed by atoms with Crippen molar-refractivity contribution >= 4 is 39.4 Å². The summed E-state index contributed by atoms with van der Waals surface area (Å²) in [5, 5.41) is 10.5. The van der Waals surface area contributed by atoms with Crippen molar-refractivity contribution in [2.24, 2.45) is 0 Å². The lowest BCUT2D eigenvalue weighted by atomic mass is 10.0. The number of aromatic hydroxyl groups is 1. The van der Waals surface area contributed by atoms with Crippen molar-refractivity contribution in [3.8, 4) is 16.3 Å². The van der Waals surface area contributed by atoms with E-state index in [0.717, 1.165) is 26.4 Å². The van der Waals surface area contributed by atoms with Gasteiger partial charge in [0.15, 0.2) is 0 Å². The Balaban J connectivity index is 1.51. The van der Waals surface area contributed by atoms with Gasteiger partial charge in [-0.05, 0) is 41.0 Å². The number of anilines is 1. The van der Waals surface area contributed by atoms with E-state index in [1.165, 1.54) is 23.5 Å². The van der Waals surface area contributed by atoms with Gasteiger partial charge in [-0.2, -0.15) is 13.2 Å². The van der Waals surface area contributed by atoms with Crippen LogP contribution in [0.25, 0.3) is 32.9 Å². The fourth-order valence-electron chi connectivity index (χ4n) is 3.08. The highest BCUT2D eigenvalue weighted by molar-refractivity contribution is 7.21. The number of fused-ring (bicyclic) bond motifs is 1. The lowest BCUT2D eigenvalue weighted by Gasteiger charge is -2.08. The van der Waals surface area contributed by atoms with Gasteiger partial charge in [0.25, 0.3) is 0 Å². The largest absolute Gasteiger partial charge is 0.508 e. The molecule has 0 radical (unpaired) electrons. The highest BCUT2D eigenvalue weighted by Gasteiger charge is 2.27. The van der Waals surface area contributed by atoms with E-state index in [-0.39, 0.29) is 11.3 Å². The summed E-state index contributed by atoms with van der Waals surface area (Å²) < 4.78 is 38.4. The predicted octanol–water partition coefficient (Wildman–Crippen LogP) is 6.53. The van der Waals surface area contributed by atoms with Crippen molar-refractivity contribution in [2.45, 2.75) is 12.6 Å². The molecule has 1 aromatic heterocycles. The topological polar surface area (TPSA) is 59.1 Å². The zero-order valence-corrected chi connectivity index (χ0v) is 16.5. The molecule has 3 nitrogen and oxygen atoms in total. The number of nitrogen functional groups attached to an aromatic ring is 1. The zero-order chi connectivity index (χ0) is 21.3. The van der Waals surface area contributed by atoms with Gasteiger partial charge < -0.3 is 10.8 Å². The summed E-state index contributed by atoms with van der Waals surface area (Å²) >= 11 is 1.50. The first-order valence-corrected chi connectivity index (χ1v) is 9.92. The minimum Gasteiger partial charge on any atom is -0.508 e. The predicted molar refractivity (Wildman–Crippen MR) is 116 cm³/mol. The number of phenolic OH excluding ortho intramolecular Hbond substituents is 1. The highest BCUT2D eigenvalue weighted by Crippen LogP contribution is 2.32. The lowest BCUT2D eigenvalue weighted by Crippen LogP contribution is -2.11. The Bertz CT molecular complexity index is 1230. The van der Waals surface area contributed by atoms with Gasteiger partial charge in [-0.25, -0.2) is 4.98 Å². The van der Waals surface area contributed by atoms with E-state index in [0.29, 0.717) is 11.3 Å². The average molecular weight is 426 g/mol. The molecule has 0 saturated heterocycles. The number of benzene rings is 3. The quantitative estimate of drug-likeness (QED) is 0.288. The first-order valence-electron chi connectivity index (χ1n) is 9.10. The molecule has 3 N–H and O–H groups in total. The van der Waals surface area contributed by atoms with Crippen LogP contribution < -0.4 is 5.73 Å². The van der Waals surface area contributed by atoms with Gasteiger partial charge in [0, 0.05) is 11.3 Å². The molecule has 0 saturated carbocycles. The fourth-order valence-corrected chi connectivity index (χ4v) is 4.08. The van der Waals surface area contributed by atoms with Gasteiger partial charge in [0.2, 0.25) is 0 Å². The van der Waals surface area contributed by atoms with Crippen LogP contribution in [0.15, 0.2) is 60.7 Å². The maximum absolute atomic E-state index is 12.5. The van der Waals surface area contributed by atoms with Crippen molar-refractivity contribution in [3.63, 3.8) is 0 Å². The van der Waals surface area contributed by atoms with E-state index in [4.69, 9.17) is 5.73 Å². The summed E-state index contributed by atoms with van der Waals surface area (Å²) in [4.78, 5) is 4.59. The monoisotopic (exact) mass is 426 g/mol. The molecule has 0 aliphatic rings. The van der Waals surface area contributed by atoms with E-state index >= 15 is 0 Å². The van der Waals surface area contributed by atoms with Crippen LogP contribution in [0.4, 0.5) is 18.9 Å². The Morgan fingerprint density at radius 2 is 1.73 bits per heavy atom. The molecule has 4 rings (SSSR count). The molecule has 3 aromatic carbocycles. The highest BCUT2D eigenvalue weighted by atomic mass is 32.1. The van der Waals surface area contributed by atoms with E-state index in [1.807, 2.05) is 30.3 Å². The summed E-state index contributed by atoms with van der Waals surface area (Å²) in [5.41, 5.74) is 9.75. The maximum atomic E-state index is 12.5. The first-order chi connectivity index (χ1) is 14.3. The second kappa shape index (κ2) is 7.84. The number of hydrogen-bond acceptors (Lipinski definition) is 4. The molecule has 152 valence electrons. The third kappa shape index (κ3) is 4.63. The normalized spacial score (nSPS) is 12.1. The smallest absolute Gasteiger partial charge is 0.393 e. The number of thiazole rings is 1. The Morgan fingerprint density at radius 1 is 0.967 bits per heavy atom. The first kappa shape index (κ1) is 20.0. The SMILES string of the molecule is Nc1cc(CC(F)(F)F)ccc1C=Cc1ccc(-c2nc3ccc(O)cc3s2)cc1. The van der Waals surface area contributed by atoms with Crippen LogP contribution in [0.3, 0.4) is 0 Å². The minimum absolute atomic E-state index is 0.144. The van der Waals surface area contributed by atoms with E-state index in [2.05, 4.69) is 4.98 Å². The van der Waals surface area contributed by atoms with Crippen molar-refractivity contribution in [1.82, 2.24) is 4.98 Å². The number of rotatable bonds is 4. The number of hydrogen-bond donors (Lipinski definition) is 2. The standard InChI is InChI=1S/C23H17F3N2OS/c24-23(25,26)13-15-4-6-16(19(27)11-15)5-1-14-2-7-17(8-3-14)22-28-20-10-9-18(29)12-21(20)30-22/h1-12,29H,13,27H2. The molecular formula is C23H17F3N2OS. The number of nitrogens with two attached hydrogens (primary N) is 1. The van der Waals surface area contributed by atoms with Gasteiger partial charge in [0.1, 0.15) is 10.8 Å². The van der Waals surface area contributed by atoms with Crippen molar-refractivity contribution in [3.05, 3.63) is 77.4 Å². The maximum Gasteiger partial charge on any atom is 0.393 e. The van der Waals surface area contributed by atoms with Crippen molar-refractivity contribution < 1.29 is 18.3 Å². The molecule has 0 amide bonds. The summed E-state index contributed by atoms with van der Waals surface area (Å²) in [7, 11) is 0. The van der Waals surface area contributed by atoms with Crippen molar-refractivity contribution in [1.29, 1.82) is 0 Å². The van der Waals surface area contributed by atoms with Gasteiger partial charge in [-0.3, -0.25) is 0 Å². The van der Waals surface area contributed by atoms with E-state index in [1.54, 1.807) is 30.3 Å². The number of nitrogens with zero attached hydrogens (tertiary/aromatic N) is 1. The molecule has 7 heteroatoms. The molecule has 4 aromatic rings. The van der Waals surface area contributed by atoms with Crippen LogP contribution >= 0.6 is 11.3 Å². The van der Waals surface area contributed by atoms with Crippen LogP contribution in [-0.2, 0) is 6.42 Å². The number of aromatic nitrogens is 1. The second-order valence-corrected chi connectivity index (χ2v) is 7.91. The Labute approximate surface area is 174 Å². The fraction of sp³-hybridized carbons (Fsp3) is 0.0870. The summed E-state index contributed by atoms with van der Waals surface area (Å²) in [5.74, 6) is 0.212. The summed E-state index contributed by atoms with van der Waals surface area (Å²) in [6.07, 6.45) is -1.61. The van der Waals surface area contributed by atoms with E-state index in [9.17, 15) is 18.3 Å². The van der Waals surface area contributed by atoms with Gasteiger partial charge >= 0.3 is 6.18 Å². The Morgan fingerprint density at radius 3 is 2.43 bits per heavy atom. The molecule has 0 fully saturated rings. The van der Waals surface area contributed by atoms with Crippen LogP contribution in [0, 0.1) is 0 Å². The second-order valence-electron chi connectivity index (χ2n) is 6.88. The van der Waals surface area contributed by atoms with Crippen LogP contribution in [0.1, 0.15) is 16.7 Å². The summed E-state index contributed by atoms with van der Waals surface area (Å²) in [6, 6.07) is 17.3. The number of alkyl halides is 3. The van der Waals surface area contributed by atoms with E-state index < -0.39 is 12.6 Å². The Hall–Kier alpha value is -3.32. The Kier molecular flexibility index (Phi) is 5.22. The molecule has 0 aliphatic carbocycles. The zero-order valence-electron chi connectivity index (χ0n) is 15.6. The number of phenols is 1. The average Bonchev–Trinajstić information content (AvgIpc) is 3.09. The van der Waals surface area contributed by atoms with Crippen LogP contribution in [0.2, 0.25) is 0 Å². The third-order valence-corrected chi connectivity index (χ3v) is 5.61. The van der Waals surface area contributed by atoms with Gasteiger partial charge in [-0.15, -0.1) is 11.3 Å². The van der Waals surface area contributed by atoms with Gasteiger partial charge in [-0.1, -0.05) is 48.6 Å². The third-order valence-electron chi connectivity index (χ3n) is 4.54. The molecule has 0 unspecified atom stereocenters. The summed E-state index contributed by atoms with van der Waals surface area (Å²) in [6.45, 7) is 0. The molecule has 0 spiro atoms.